The second-order valence-corrected chi connectivity index (χ2v) is 6.67. The molecule has 1 aliphatic rings. The molecular formula is C22H24N2O. The van der Waals surface area contributed by atoms with E-state index in [4.69, 9.17) is 0 Å². The lowest BCUT2D eigenvalue weighted by Gasteiger charge is -2.24. The molecule has 0 atom stereocenters. The molecule has 1 aliphatic carbocycles. The molecule has 25 heavy (non-hydrogen) atoms. The van der Waals surface area contributed by atoms with Crippen LogP contribution in [0.15, 0.2) is 48.5 Å². The molecule has 0 heterocycles. The molecule has 0 aliphatic heterocycles. The molecular weight excluding hydrogens is 308 g/mol. The molecule has 3 nitrogen and oxygen atoms in total. The maximum absolute atomic E-state index is 11.5. The smallest absolute Gasteiger partial charge is 0.219 e. The van der Waals surface area contributed by atoms with Gasteiger partial charge in [-0.2, -0.15) is 5.26 Å². The topological polar surface area (TPSA) is 52.9 Å². The van der Waals surface area contributed by atoms with Crippen LogP contribution in [0.5, 0.6) is 0 Å². The van der Waals surface area contributed by atoms with Crippen molar-refractivity contribution in [3.63, 3.8) is 0 Å². The van der Waals surface area contributed by atoms with E-state index < -0.39 is 5.41 Å². The number of nitriles is 1. The average molecular weight is 332 g/mol. The Bertz CT molecular complexity index is 758. The van der Waals surface area contributed by atoms with Crippen LogP contribution in [0.25, 0.3) is 11.1 Å². The standard InChI is InChI=1S/C22H24N2O/c1-2-9-21(25)24-15-8-7-14-22(16-23)19-12-5-3-10-17(19)18-11-4-6-13-20(18)22/h3-6,10-13H,2,7-9,14-15H2,1H3,(H,24,25). The summed E-state index contributed by atoms with van der Waals surface area (Å²) in [5.74, 6) is 0.119. The van der Waals surface area contributed by atoms with E-state index in [2.05, 4.69) is 35.7 Å². The van der Waals surface area contributed by atoms with Crippen LogP contribution in [0.3, 0.4) is 0 Å². The highest BCUT2D eigenvalue weighted by atomic mass is 16.1. The lowest BCUT2D eigenvalue weighted by Crippen LogP contribution is -2.26. The van der Waals surface area contributed by atoms with Gasteiger partial charge in [0, 0.05) is 13.0 Å². The average Bonchev–Trinajstić information content (AvgIpc) is 2.93. The van der Waals surface area contributed by atoms with Gasteiger partial charge in [0.05, 0.1) is 6.07 Å². The van der Waals surface area contributed by atoms with Crippen LogP contribution in [-0.2, 0) is 10.2 Å². The van der Waals surface area contributed by atoms with E-state index in [0.717, 1.165) is 36.8 Å². The molecule has 2 aromatic rings. The van der Waals surface area contributed by atoms with Gasteiger partial charge in [-0.1, -0.05) is 55.5 Å². The fourth-order valence-electron chi connectivity index (χ4n) is 3.83. The number of hydrogen-bond acceptors (Lipinski definition) is 2. The number of fused-ring (bicyclic) bond motifs is 3. The van der Waals surface area contributed by atoms with Gasteiger partial charge in [0.1, 0.15) is 5.41 Å². The lowest BCUT2D eigenvalue weighted by molar-refractivity contribution is -0.121. The second-order valence-electron chi connectivity index (χ2n) is 6.67. The fourth-order valence-corrected chi connectivity index (χ4v) is 3.83. The van der Waals surface area contributed by atoms with Gasteiger partial charge in [0.25, 0.3) is 0 Å². The highest BCUT2D eigenvalue weighted by molar-refractivity contribution is 5.82. The van der Waals surface area contributed by atoms with Crippen molar-refractivity contribution >= 4 is 5.91 Å². The molecule has 0 spiro atoms. The van der Waals surface area contributed by atoms with Crippen molar-refractivity contribution < 1.29 is 4.79 Å². The summed E-state index contributed by atoms with van der Waals surface area (Å²) in [6.07, 6.45) is 4.03. The highest BCUT2D eigenvalue weighted by Gasteiger charge is 2.42. The van der Waals surface area contributed by atoms with Gasteiger partial charge >= 0.3 is 0 Å². The SMILES string of the molecule is CCCC(=O)NCCCCC1(C#N)c2ccccc2-c2ccccc21. The van der Waals surface area contributed by atoms with Crippen molar-refractivity contribution in [2.75, 3.05) is 6.54 Å². The zero-order chi connectivity index (χ0) is 17.7. The minimum Gasteiger partial charge on any atom is -0.356 e. The van der Waals surface area contributed by atoms with Gasteiger partial charge < -0.3 is 5.32 Å². The molecule has 0 aromatic heterocycles. The summed E-state index contributed by atoms with van der Waals surface area (Å²) in [7, 11) is 0. The van der Waals surface area contributed by atoms with Crippen LogP contribution in [0.1, 0.15) is 50.2 Å². The summed E-state index contributed by atoms with van der Waals surface area (Å²) in [5.41, 5.74) is 4.02. The molecule has 0 bridgehead atoms. The van der Waals surface area contributed by atoms with Crippen molar-refractivity contribution in [2.45, 2.75) is 44.4 Å². The quantitative estimate of drug-likeness (QED) is 0.756. The van der Waals surface area contributed by atoms with Crippen LogP contribution in [0.2, 0.25) is 0 Å². The van der Waals surface area contributed by atoms with Gasteiger partial charge in [-0.15, -0.1) is 0 Å². The largest absolute Gasteiger partial charge is 0.356 e. The molecule has 0 radical (unpaired) electrons. The normalized spacial score (nSPS) is 13.6. The summed E-state index contributed by atoms with van der Waals surface area (Å²) in [6.45, 7) is 2.69. The molecule has 0 unspecified atom stereocenters. The van der Waals surface area contributed by atoms with Gasteiger partial charge in [-0.25, -0.2) is 0 Å². The molecule has 3 heteroatoms. The number of amides is 1. The Morgan fingerprint density at radius 3 is 2.20 bits per heavy atom. The van der Waals surface area contributed by atoms with Crippen LogP contribution in [0.4, 0.5) is 0 Å². The summed E-state index contributed by atoms with van der Waals surface area (Å²) >= 11 is 0. The van der Waals surface area contributed by atoms with Gasteiger partial charge in [0.15, 0.2) is 0 Å². The molecule has 0 fully saturated rings. The zero-order valence-corrected chi connectivity index (χ0v) is 14.7. The number of unbranched alkanes of at least 4 members (excludes halogenated alkanes) is 1. The van der Waals surface area contributed by atoms with E-state index in [-0.39, 0.29) is 5.91 Å². The van der Waals surface area contributed by atoms with Crippen molar-refractivity contribution in [1.82, 2.24) is 5.32 Å². The van der Waals surface area contributed by atoms with Crippen molar-refractivity contribution in [1.29, 1.82) is 5.26 Å². The summed E-state index contributed by atoms with van der Waals surface area (Å²) in [6, 6.07) is 19.1. The van der Waals surface area contributed by atoms with E-state index in [0.29, 0.717) is 13.0 Å². The Morgan fingerprint density at radius 1 is 1.04 bits per heavy atom. The second kappa shape index (κ2) is 7.53. The minimum absolute atomic E-state index is 0.119. The molecule has 0 saturated heterocycles. The predicted octanol–water partition coefficient (Wildman–Crippen LogP) is 4.56. The number of benzene rings is 2. The number of carbonyl (C=O) groups excluding carboxylic acids is 1. The predicted molar refractivity (Wildman–Crippen MR) is 100 cm³/mol. The van der Waals surface area contributed by atoms with Crippen molar-refractivity contribution in [3.8, 4) is 17.2 Å². The summed E-state index contributed by atoms with van der Waals surface area (Å²) < 4.78 is 0. The highest BCUT2D eigenvalue weighted by Crippen LogP contribution is 2.50. The number of carbonyl (C=O) groups is 1. The van der Waals surface area contributed by atoms with Crippen molar-refractivity contribution in [3.05, 3.63) is 59.7 Å². The Labute approximate surface area is 149 Å². The molecule has 1 amide bonds. The fraction of sp³-hybridized carbons (Fsp3) is 0.364. The summed E-state index contributed by atoms with van der Waals surface area (Å²) in [5, 5.41) is 13.1. The molecule has 1 N–H and O–H groups in total. The third-order valence-electron chi connectivity index (χ3n) is 5.03. The Morgan fingerprint density at radius 2 is 1.64 bits per heavy atom. The van der Waals surface area contributed by atoms with E-state index in [1.165, 1.54) is 11.1 Å². The van der Waals surface area contributed by atoms with Gasteiger partial charge in [0.2, 0.25) is 5.91 Å². The maximum Gasteiger partial charge on any atom is 0.219 e. The number of rotatable bonds is 7. The molecule has 0 saturated carbocycles. The summed E-state index contributed by atoms with van der Waals surface area (Å²) in [4.78, 5) is 11.5. The van der Waals surface area contributed by atoms with Crippen LogP contribution in [0, 0.1) is 11.3 Å². The molecule has 2 aromatic carbocycles. The van der Waals surface area contributed by atoms with E-state index in [9.17, 15) is 10.1 Å². The van der Waals surface area contributed by atoms with E-state index in [1.54, 1.807) is 0 Å². The monoisotopic (exact) mass is 332 g/mol. The maximum atomic E-state index is 11.5. The minimum atomic E-state index is -0.569. The van der Waals surface area contributed by atoms with Crippen LogP contribution < -0.4 is 5.32 Å². The Kier molecular flexibility index (Phi) is 5.19. The van der Waals surface area contributed by atoms with E-state index >= 15 is 0 Å². The lowest BCUT2D eigenvalue weighted by atomic mass is 9.75. The Balaban J connectivity index is 1.75. The third kappa shape index (κ3) is 3.17. The first kappa shape index (κ1) is 17.2. The van der Waals surface area contributed by atoms with E-state index in [1.807, 2.05) is 31.2 Å². The van der Waals surface area contributed by atoms with Gasteiger partial charge in [-0.3, -0.25) is 4.79 Å². The van der Waals surface area contributed by atoms with Crippen LogP contribution in [-0.4, -0.2) is 12.5 Å². The number of nitrogens with one attached hydrogen (secondary N) is 1. The van der Waals surface area contributed by atoms with Crippen LogP contribution >= 0.6 is 0 Å². The number of hydrogen-bond donors (Lipinski definition) is 1. The first-order chi connectivity index (χ1) is 12.2. The van der Waals surface area contributed by atoms with Gasteiger partial charge in [-0.05, 0) is 47.9 Å². The zero-order valence-electron chi connectivity index (χ0n) is 14.7. The Hall–Kier alpha value is -2.60. The molecule has 128 valence electrons. The third-order valence-corrected chi connectivity index (χ3v) is 5.03. The van der Waals surface area contributed by atoms with Crippen molar-refractivity contribution in [2.24, 2.45) is 0 Å². The molecule has 3 rings (SSSR count). The first-order valence-electron chi connectivity index (χ1n) is 9.10. The number of nitrogens with zero attached hydrogens (tertiary/aromatic N) is 1. The first-order valence-corrected chi connectivity index (χ1v) is 9.10.